The molecule has 1 aromatic heterocycles. The van der Waals surface area contributed by atoms with Gasteiger partial charge in [0.05, 0.1) is 6.26 Å². The van der Waals surface area contributed by atoms with Gasteiger partial charge in [0.1, 0.15) is 5.82 Å². The molecule has 0 spiro atoms. The summed E-state index contributed by atoms with van der Waals surface area (Å²) < 4.78 is 24.8. The SMILES string of the molecule is Cc1ccnc(N)c1CC1CCCN(S(C)(=O)=O)C1. The third kappa shape index (κ3) is 3.45. The fourth-order valence-corrected chi connectivity index (χ4v) is 3.60. The third-order valence-corrected chi connectivity index (χ3v) is 5.04. The van der Waals surface area contributed by atoms with Crippen LogP contribution in [0.2, 0.25) is 0 Å². The van der Waals surface area contributed by atoms with Crippen molar-refractivity contribution >= 4 is 15.8 Å². The first-order chi connectivity index (χ1) is 8.88. The molecule has 5 nitrogen and oxygen atoms in total. The zero-order chi connectivity index (χ0) is 14.0. The summed E-state index contributed by atoms with van der Waals surface area (Å²) in [6.07, 6.45) is 5.74. The third-order valence-electron chi connectivity index (χ3n) is 3.77. The summed E-state index contributed by atoms with van der Waals surface area (Å²) in [5, 5.41) is 0. The topological polar surface area (TPSA) is 76.3 Å². The zero-order valence-electron chi connectivity index (χ0n) is 11.5. The molecule has 6 heteroatoms. The Morgan fingerprint density at radius 3 is 2.89 bits per heavy atom. The Bertz CT molecular complexity index is 537. The van der Waals surface area contributed by atoms with E-state index in [4.69, 9.17) is 5.73 Å². The quantitative estimate of drug-likeness (QED) is 0.904. The summed E-state index contributed by atoms with van der Waals surface area (Å²) in [6.45, 7) is 3.24. The summed E-state index contributed by atoms with van der Waals surface area (Å²) in [6, 6.07) is 1.95. The van der Waals surface area contributed by atoms with Crippen molar-refractivity contribution in [3.63, 3.8) is 0 Å². The lowest BCUT2D eigenvalue weighted by Gasteiger charge is -2.31. The van der Waals surface area contributed by atoms with Crippen molar-refractivity contribution in [2.75, 3.05) is 25.1 Å². The summed E-state index contributed by atoms with van der Waals surface area (Å²) >= 11 is 0. The maximum atomic E-state index is 11.6. The highest BCUT2D eigenvalue weighted by Crippen LogP contribution is 2.25. The number of anilines is 1. The van der Waals surface area contributed by atoms with Crippen molar-refractivity contribution in [2.24, 2.45) is 5.92 Å². The molecule has 0 bridgehead atoms. The van der Waals surface area contributed by atoms with Crippen LogP contribution in [0.25, 0.3) is 0 Å². The van der Waals surface area contributed by atoms with Crippen LogP contribution in [0.15, 0.2) is 12.3 Å². The van der Waals surface area contributed by atoms with Gasteiger partial charge < -0.3 is 5.73 Å². The van der Waals surface area contributed by atoms with Gasteiger partial charge in [-0.1, -0.05) is 0 Å². The van der Waals surface area contributed by atoms with Crippen molar-refractivity contribution < 1.29 is 8.42 Å². The van der Waals surface area contributed by atoms with Gasteiger partial charge in [-0.2, -0.15) is 0 Å². The second-order valence-corrected chi connectivity index (χ2v) is 7.31. The van der Waals surface area contributed by atoms with E-state index in [2.05, 4.69) is 4.98 Å². The van der Waals surface area contributed by atoms with Crippen molar-refractivity contribution in [3.8, 4) is 0 Å². The lowest BCUT2D eigenvalue weighted by atomic mass is 9.91. The highest BCUT2D eigenvalue weighted by molar-refractivity contribution is 7.88. The smallest absolute Gasteiger partial charge is 0.211 e. The Balaban J connectivity index is 2.11. The highest BCUT2D eigenvalue weighted by atomic mass is 32.2. The van der Waals surface area contributed by atoms with Crippen LogP contribution >= 0.6 is 0 Å². The Morgan fingerprint density at radius 1 is 1.53 bits per heavy atom. The molecule has 1 unspecified atom stereocenters. The molecule has 2 rings (SSSR count). The fourth-order valence-electron chi connectivity index (χ4n) is 2.66. The zero-order valence-corrected chi connectivity index (χ0v) is 12.3. The Morgan fingerprint density at radius 2 is 2.26 bits per heavy atom. The standard InChI is InChI=1S/C13H21N3O2S/c1-10-5-6-15-13(14)12(10)8-11-4-3-7-16(9-11)19(2,17)18/h5-6,11H,3-4,7-9H2,1-2H3,(H2,14,15). The monoisotopic (exact) mass is 283 g/mol. The molecule has 1 aliphatic rings. The molecular formula is C13H21N3O2S. The molecule has 1 atom stereocenters. The molecule has 2 N–H and O–H groups in total. The molecule has 0 amide bonds. The first kappa shape index (κ1) is 14.3. The number of nitrogens with zero attached hydrogens (tertiary/aromatic N) is 2. The minimum absolute atomic E-state index is 0.327. The van der Waals surface area contributed by atoms with Crippen LogP contribution < -0.4 is 5.73 Å². The number of hydrogen-bond donors (Lipinski definition) is 1. The van der Waals surface area contributed by atoms with E-state index in [1.54, 1.807) is 10.5 Å². The number of nitrogens with two attached hydrogens (primary N) is 1. The maximum absolute atomic E-state index is 11.6. The molecule has 1 fully saturated rings. The lowest BCUT2D eigenvalue weighted by Crippen LogP contribution is -2.39. The number of piperidine rings is 1. The summed E-state index contributed by atoms with van der Waals surface area (Å²) in [4.78, 5) is 4.12. The normalized spacial score (nSPS) is 21.5. The van der Waals surface area contributed by atoms with Crippen LogP contribution in [0, 0.1) is 12.8 Å². The molecule has 0 aliphatic carbocycles. The predicted octanol–water partition coefficient (Wildman–Crippen LogP) is 1.19. The van der Waals surface area contributed by atoms with Crippen LogP contribution in [-0.2, 0) is 16.4 Å². The minimum atomic E-state index is -3.08. The minimum Gasteiger partial charge on any atom is -0.383 e. The van der Waals surface area contributed by atoms with Gasteiger partial charge in [-0.15, -0.1) is 0 Å². The van der Waals surface area contributed by atoms with Gasteiger partial charge in [-0.05, 0) is 49.3 Å². The number of aryl methyl sites for hydroxylation is 1. The van der Waals surface area contributed by atoms with Crippen LogP contribution in [0.1, 0.15) is 24.0 Å². The van der Waals surface area contributed by atoms with Gasteiger partial charge in [0.15, 0.2) is 0 Å². The van der Waals surface area contributed by atoms with Gasteiger partial charge in [-0.25, -0.2) is 17.7 Å². The van der Waals surface area contributed by atoms with E-state index < -0.39 is 10.0 Å². The van der Waals surface area contributed by atoms with E-state index in [1.165, 1.54) is 6.26 Å². The molecule has 1 aromatic rings. The number of sulfonamides is 1. The van der Waals surface area contributed by atoms with Gasteiger partial charge in [0, 0.05) is 19.3 Å². The van der Waals surface area contributed by atoms with Crippen molar-refractivity contribution in [1.82, 2.24) is 9.29 Å². The molecule has 1 aliphatic heterocycles. The molecule has 2 heterocycles. The Hall–Kier alpha value is -1.14. The number of pyridine rings is 1. The second-order valence-electron chi connectivity index (χ2n) is 5.33. The molecule has 0 saturated carbocycles. The first-order valence-electron chi connectivity index (χ1n) is 6.53. The highest BCUT2D eigenvalue weighted by Gasteiger charge is 2.26. The maximum Gasteiger partial charge on any atom is 0.211 e. The van der Waals surface area contributed by atoms with Crippen LogP contribution in [0.4, 0.5) is 5.82 Å². The summed E-state index contributed by atoms with van der Waals surface area (Å²) in [7, 11) is -3.08. The molecular weight excluding hydrogens is 262 g/mol. The van der Waals surface area contributed by atoms with Crippen molar-refractivity contribution in [2.45, 2.75) is 26.2 Å². The van der Waals surface area contributed by atoms with Crippen LogP contribution in [0.3, 0.4) is 0 Å². The number of aromatic nitrogens is 1. The van der Waals surface area contributed by atoms with Gasteiger partial charge in [0.2, 0.25) is 10.0 Å². The first-order valence-corrected chi connectivity index (χ1v) is 8.38. The molecule has 0 radical (unpaired) electrons. The van der Waals surface area contributed by atoms with Gasteiger partial charge in [-0.3, -0.25) is 0 Å². The van der Waals surface area contributed by atoms with Crippen LogP contribution in [0.5, 0.6) is 0 Å². The summed E-state index contributed by atoms with van der Waals surface area (Å²) in [5.74, 6) is 0.894. The van der Waals surface area contributed by atoms with E-state index in [9.17, 15) is 8.42 Å². The molecule has 1 saturated heterocycles. The average Bonchev–Trinajstić information content (AvgIpc) is 2.33. The largest absolute Gasteiger partial charge is 0.383 e. The fraction of sp³-hybridized carbons (Fsp3) is 0.615. The molecule has 19 heavy (non-hydrogen) atoms. The number of hydrogen-bond acceptors (Lipinski definition) is 4. The van der Waals surface area contributed by atoms with Crippen LogP contribution in [-0.4, -0.2) is 37.1 Å². The van der Waals surface area contributed by atoms with Gasteiger partial charge >= 0.3 is 0 Å². The lowest BCUT2D eigenvalue weighted by molar-refractivity contribution is 0.266. The second kappa shape index (κ2) is 5.46. The van der Waals surface area contributed by atoms with E-state index in [-0.39, 0.29) is 0 Å². The van der Waals surface area contributed by atoms with E-state index >= 15 is 0 Å². The van der Waals surface area contributed by atoms with Crippen molar-refractivity contribution in [3.05, 3.63) is 23.4 Å². The summed E-state index contributed by atoms with van der Waals surface area (Å²) in [5.41, 5.74) is 8.10. The average molecular weight is 283 g/mol. The Kier molecular flexibility index (Phi) is 4.10. The van der Waals surface area contributed by atoms with E-state index in [1.807, 2.05) is 13.0 Å². The molecule has 0 aromatic carbocycles. The number of rotatable bonds is 3. The van der Waals surface area contributed by atoms with E-state index in [0.29, 0.717) is 24.8 Å². The molecule has 106 valence electrons. The predicted molar refractivity (Wildman–Crippen MR) is 76.2 cm³/mol. The van der Waals surface area contributed by atoms with E-state index in [0.717, 1.165) is 30.4 Å². The van der Waals surface area contributed by atoms with Gasteiger partial charge in [0.25, 0.3) is 0 Å². The Labute approximate surface area is 114 Å². The number of nitrogen functional groups attached to an aromatic ring is 1. The van der Waals surface area contributed by atoms with Crippen molar-refractivity contribution in [1.29, 1.82) is 0 Å².